The first kappa shape index (κ1) is 27.6. The molecular formula is C26H31ClN6O4S. The standard InChI is InChI=1S/C26H31ClN6O4S/c1-5-29-26(34)33-11-10-16-12-18(21(37-4)13-17(16)23(33)28)24-30-14-19(27)25(32-24)31-20-8-6-7-9-22(20)38(35,36)15(2)3/h6-9,12-15,23H,5,10-11,28H2,1-4H3,(H,29,34)(H,30,31,32). The molecule has 4 rings (SSSR count). The molecular weight excluding hydrogens is 528 g/mol. The molecule has 1 atom stereocenters. The summed E-state index contributed by atoms with van der Waals surface area (Å²) in [6.07, 6.45) is 1.42. The number of carbonyl (C=O) groups excluding carboxylic acids is 1. The number of urea groups is 1. The van der Waals surface area contributed by atoms with Gasteiger partial charge in [-0.15, -0.1) is 0 Å². The van der Waals surface area contributed by atoms with E-state index in [1.807, 2.05) is 13.0 Å². The summed E-state index contributed by atoms with van der Waals surface area (Å²) in [5.41, 5.74) is 9.15. The van der Waals surface area contributed by atoms with Crippen molar-refractivity contribution in [3.05, 3.63) is 58.7 Å². The maximum absolute atomic E-state index is 12.9. The summed E-state index contributed by atoms with van der Waals surface area (Å²) >= 11 is 6.41. The Morgan fingerprint density at radius 1 is 1.29 bits per heavy atom. The molecule has 1 aliphatic rings. The smallest absolute Gasteiger partial charge is 0.318 e. The number of hydrogen-bond acceptors (Lipinski definition) is 8. The monoisotopic (exact) mass is 558 g/mol. The Hall–Kier alpha value is -3.41. The van der Waals surface area contributed by atoms with Gasteiger partial charge < -0.3 is 26.0 Å². The SMILES string of the molecule is CCNC(=O)N1CCc2cc(-c3ncc(Cl)c(Nc4ccccc4S(=O)(=O)C(C)C)n3)c(OC)cc2C1N. The molecule has 12 heteroatoms. The number of nitrogens with two attached hydrogens (primary N) is 1. The molecule has 1 aromatic heterocycles. The molecule has 4 N–H and O–H groups in total. The van der Waals surface area contributed by atoms with Crippen molar-refractivity contribution >= 4 is 39.0 Å². The largest absolute Gasteiger partial charge is 0.496 e. The number of anilines is 2. The summed E-state index contributed by atoms with van der Waals surface area (Å²) < 4.78 is 31.5. The zero-order chi connectivity index (χ0) is 27.6. The lowest BCUT2D eigenvalue weighted by atomic mass is 9.94. The van der Waals surface area contributed by atoms with E-state index in [0.717, 1.165) is 11.1 Å². The quantitative estimate of drug-likeness (QED) is 0.390. The molecule has 10 nitrogen and oxygen atoms in total. The van der Waals surface area contributed by atoms with Crippen LogP contribution in [0.3, 0.4) is 0 Å². The lowest BCUT2D eigenvalue weighted by Gasteiger charge is -2.35. The average molecular weight is 559 g/mol. The van der Waals surface area contributed by atoms with E-state index in [0.29, 0.717) is 42.3 Å². The predicted molar refractivity (Wildman–Crippen MR) is 147 cm³/mol. The molecule has 0 aliphatic carbocycles. The minimum atomic E-state index is -3.56. The minimum Gasteiger partial charge on any atom is -0.496 e. The van der Waals surface area contributed by atoms with E-state index in [1.54, 1.807) is 49.1 Å². The van der Waals surface area contributed by atoms with Crippen LogP contribution >= 0.6 is 11.6 Å². The Balaban J connectivity index is 1.73. The molecule has 38 heavy (non-hydrogen) atoms. The summed E-state index contributed by atoms with van der Waals surface area (Å²) in [4.78, 5) is 23.2. The highest BCUT2D eigenvalue weighted by atomic mass is 35.5. The van der Waals surface area contributed by atoms with Gasteiger partial charge in [0.1, 0.15) is 16.9 Å². The van der Waals surface area contributed by atoms with Crippen LogP contribution in [0.25, 0.3) is 11.4 Å². The van der Waals surface area contributed by atoms with Gasteiger partial charge in [0.05, 0.1) is 34.7 Å². The van der Waals surface area contributed by atoms with Crippen LogP contribution in [0.4, 0.5) is 16.3 Å². The van der Waals surface area contributed by atoms with Gasteiger partial charge in [0.2, 0.25) is 0 Å². The molecule has 2 amide bonds. The van der Waals surface area contributed by atoms with Gasteiger partial charge in [-0.05, 0) is 62.6 Å². The van der Waals surface area contributed by atoms with E-state index < -0.39 is 21.3 Å². The maximum atomic E-state index is 12.9. The van der Waals surface area contributed by atoms with Gasteiger partial charge in [-0.2, -0.15) is 0 Å². The van der Waals surface area contributed by atoms with Crippen LogP contribution in [0.15, 0.2) is 47.5 Å². The number of halogens is 1. The number of amides is 2. The number of fused-ring (bicyclic) bond motifs is 1. The van der Waals surface area contributed by atoms with Gasteiger partial charge in [-0.25, -0.2) is 23.2 Å². The zero-order valence-corrected chi connectivity index (χ0v) is 23.2. The van der Waals surface area contributed by atoms with Crippen LogP contribution < -0.4 is 21.1 Å². The van der Waals surface area contributed by atoms with E-state index in [1.165, 1.54) is 13.3 Å². The molecule has 3 aromatic rings. The molecule has 0 bridgehead atoms. The summed E-state index contributed by atoms with van der Waals surface area (Å²) in [6.45, 7) is 6.08. The summed E-state index contributed by atoms with van der Waals surface area (Å²) in [6, 6.07) is 10.1. The number of methoxy groups -OCH3 is 1. The lowest BCUT2D eigenvalue weighted by molar-refractivity contribution is 0.171. The molecule has 0 spiro atoms. The van der Waals surface area contributed by atoms with Crippen molar-refractivity contribution in [1.82, 2.24) is 20.2 Å². The fourth-order valence-corrected chi connectivity index (χ4v) is 5.63. The fourth-order valence-electron chi connectivity index (χ4n) is 4.29. The summed E-state index contributed by atoms with van der Waals surface area (Å²) in [7, 11) is -2.03. The molecule has 1 unspecified atom stereocenters. The number of sulfone groups is 1. The van der Waals surface area contributed by atoms with Gasteiger partial charge in [-0.3, -0.25) is 0 Å². The molecule has 2 aromatic carbocycles. The number of hydrogen-bond donors (Lipinski definition) is 3. The molecule has 0 saturated carbocycles. The molecule has 0 radical (unpaired) electrons. The number of rotatable bonds is 7. The highest BCUT2D eigenvalue weighted by molar-refractivity contribution is 7.92. The van der Waals surface area contributed by atoms with Gasteiger partial charge in [-0.1, -0.05) is 23.7 Å². The predicted octanol–water partition coefficient (Wildman–Crippen LogP) is 4.28. The molecule has 0 saturated heterocycles. The number of aromatic nitrogens is 2. The van der Waals surface area contributed by atoms with E-state index in [4.69, 9.17) is 22.1 Å². The number of nitrogens with zero attached hydrogens (tertiary/aromatic N) is 3. The van der Waals surface area contributed by atoms with Crippen molar-refractivity contribution in [2.75, 3.05) is 25.5 Å². The van der Waals surface area contributed by atoms with Crippen LogP contribution in [0.2, 0.25) is 5.02 Å². The summed E-state index contributed by atoms with van der Waals surface area (Å²) in [5, 5.41) is 5.49. The van der Waals surface area contributed by atoms with E-state index >= 15 is 0 Å². The van der Waals surface area contributed by atoms with E-state index in [9.17, 15) is 13.2 Å². The molecule has 1 aliphatic heterocycles. The first-order valence-corrected chi connectivity index (χ1v) is 14.1. The number of para-hydroxylation sites is 1. The van der Waals surface area contributed by atoms with Crippen LogP contribution in [-0.2, 0) is 16.3 Å². The van der Waals surface area contributed by atoms with Gasteiger partial charge in [0.25, 0.3) is 0 Å². The third kappa shape index (κ3) is 5.27. The first-order chi connectivity index (χ1) is 18.1. The second kappa shape index (κ2) is 11.1. The Bertz CT molecular complexity index is 1460. The van der Waals surface area contributed by atoms with Gasteiger partial charge in [0, 0.05) is 13.1 Å². The van der Waals surface area contributed by atoms with Crippen molar-refractivity contribution in [2.45, 2.75) is 43.5 Å². The van der Waals surface area contributed by atoms with Crippen LogP contribution in [-0.4, -0.2) is 54.8 Å². The van der Waals surface area contributed by atoms with Crippen molar-refractivity contribution < 1.29 is 17.9 Å². The van der Waals surface area contributed by atoms with Crippen molar-refractivity contribution in [3.63, 3.8) is 0 Å². The molecule has 0 fully saturated rings. The zero-order valence-electron chi connectivity index (χ0n) is 21.7. The minimum absolute atomic E-state index is 0.156. The second-order valence-electron chi connectivity index (χ2n) is 9.08. The summed E-state index contributed by atoms with van der Waals surface area (Å²) in [5.74, 6) is 1.07. The van der Waals surface area contributed by atoms with E-state index in [-0.39, 0.29) is 21.8 Å². The Morgan fingerprint density at radius 2 is 2.03 bits per heavy atom. The maximum Gasteiger partial charge on any atom is 0.318 e. The first-order valence-electron chi connectivity index (χ1n) is 12.2. The van der Waals surface area contributed by atoms with E-state index in [2.05, 4.69) is 20.6 Å². The number of ether oxygens (including phenoxy) is 1. The van der Waals surface area contributed by atoms with Crippen molar-refractivity contribution in [2.24, 2.45) is 5.73 Å². The number of carbonyl (C=O) groups is 1. The fraction of sp³-hybridized carbons (Fsp3) is 0.346. The highest BCUT2D eigenvalue weighted by Crippen LogP contribution is 2.38. The van der Waals surface area contributed by atoms with Crippen molar-refractivity contribution in [3.8, 4) is 17.1 Å². The average Bonchev–Trinajstić information content (AvgIpc) is 2.89. The number of benzene rings is 2. The third-order valence-electron chi connectivity index (χ3n) is 6.38. The van der Waals surface area contributed by atoms with Gasteiger partial charge in [0.15, 0.2) is 21.5 Å². The van der Waals surface area contributed by atoms with Crippen LogP contribution in [0.5, 0.6) is 5.75 Å². The van der Waals surface area contributed by atoms with Gasteiger partial charge >= 0.3 is 6.03 Å². The van der Waals surface area contributed by atoms with Crippen LogP contribution in [0.1, 0.15) is 38.1 Å². The topological polar surface area (TPSA) is 140 Å². The molecule has 202 valence electrons. The van der Waals surface area contributed by atoms with Crippen molar-refractivity contribution in [1.29, 1.82) is 0 Å². The third-order valence-corrected chi connectivity index (χ3v) is 8.87. The molecule has 2 heterocycles. The highest BCUT2D eigenvalue weighted by Gasteiger charge is 2.30. The lowest BCUT2D eigenvalue weighted by Crippen LogP contribution is -2.48. The Morgan fingerprint density at radius 3 is 2.71 bits per heavy atom. The Kier molecular flexibility index (Phi) is 8.10. The second-order valence-corrected chi connectivity index (χ2v) is 12.0. The van der Waals surface area contributed by atoms with Crippen LogP contribution in [0, 0.1) is 0 Å². The normalized spacial score (nSPS) is 15.2. The Labute approximate surface area is 227 Å². The number of nitrogens with one attached hydrogen (secondary N) is 2.